The van der Waals surface area contributed by atoms with Crippen molar-refractivity contribution < 1.29 is 14.3 Å². The lowest BCUT2D eigenvalue weighted by Gasteiger charge is -2.07. The summed E-state index contributed by atoms with van der Waals surface area (Å²) in [5.41, 5.74) is 3.83. The monoisotopic (exact) mass is 513 g/mol. The molecule has 0 aliphatic carbocycles. The van der Waals surface area contributed by atoms with Gasteiger partial charge in [0.25, 0.3) is 0 Å². The van der Waals surface area contributed by atoms with Crippen molar-refractivity contribution in [1.82, 2.24) is 19.7 Å². The normalized spacial score (nSPS) is 10.9. The molecule has 1 amide bonds. The fourth-order valence-electron chi connectivity index (χ4n) is 3.38. The lowest BCUT2D eigenvalue weighted by Crippen LogP contribution is -2.14. The number of nitrogens with zero attached hydrogens (tertiary/aromatic N) is 4. The van der Waals surface area contributed by atoms with Gasteiger partial charge in [-0.1, -0.05) is 53.4 Å². The molecule has 1 N–H and O–H groups in total. The van der Waals surface area contributed by atoms with Crippen LogP contribution in [0.25, 0.3) is 22.5 Å². The average molecular weight is 514 g/mol. The number of amides is 1. The highest BCUT2D eigenvalue weighted by Crippen LogP contribution is 2.38. The molecule has 0 saturated heterocycles. The van der Waals surface area contributed by atoms with E-state index < -0.39 is 5.97 Å². The van der Waals surface area contributed by atoms with Gasteiger partial charge < -0.3 is 14.6 Å². The van der Waals surface area contributed by atoms with E-state index in [0.29, 0.717) is 20.9 Å². The summed E-state index contributed by atoms with van der Waals surface area (Å²) < 4.78 is 6.92. The van der Waals surface area contributed by atoms with Gasteiger partial charge in [-0.05, 0) is 26.3 Å². The molecule has 176 valence electrons. The van der Waals surface area contributed by atoms with Crippen LogP contribution in [-0.2, 0) is 16.6 Å². The van der Waals surface area contributed by atoms with Crippen LogP contribution in [-0.4, -0.2) is 44.0 Å². The summed E-state index contributed by atoms with van der Waals surface area (Å²) in [6.45, 7) is 5.84. The van der Waals surface area contributed by atoms with E-state index >= 15 is 0 Å². The Morgan fingerprint density at radius 1 is 1.18 bits per heavy atom. The fourth-order valence-corrected chi connectivity index (χ4v) is 5.83. The van der Waals surface area contributed by atoms with Crippen LogP contribution in [0, 0.1) is 13.8 Å². The van der Waals surface area contributed by atoms with Gasteiger partial charge in [0.2, 0.25) is 5.91 Å². The first-order valence-electron chi connectivity index (χ1n) is 10.5. The second-order valence-corrected chi connectivity index (χ2v) is 10.3. The standard InChI is InChI=1S/C23H23N5O3S3/c1-5-31-21(30)19-13(2)24-22(34-19)25-17(29)12-33-23-27-26-20(28(23)4)16-11-32-14(3)18(16)15-9-7-6-8-10-15/h6-11H,5,12H2,1-4H3,(H,24,25,29). The van der Waals surface area contributed by atoms with Crippen molar-refractivity contribution in [1.29, 1.82) is 0 Å². The maximum Gasteiger partial charge on any atom is 0.350 e. The number of carbonyl (C=O) groups is 2. The zero-order valence-corrected chi connectivity index (χ0v) is 21.6. The quantitative estimate of drug-likeness (QED) is 0.256. The van der Waals surface area contributed by atoms with E-state index in [1.54, 1.807) is 25.2 Å². The minimum Gasteiger partial charge on any atom is -0.462 e. The SMILES string of the molecule is CCOC(=O)c1sc(NC(=O)CSc2nnc(-c3csc(C)c3-c3ccccc3)n2C)nc1C. The van der Waals surface area contributed by atoms with E-state index in [0.717, 1.165) is 33.9 Å². The summed E-state index contributed by atoms with van der Waals surface area (Å²) in [5.74, 6) is 0.210. The van der Waals surface area contributed by atoms with Crippen LogP contribution in [0.2, 0.25) is 0 Å². The third kappa shape index (κ3) is 5.06. The third-order valence-electron chi connectivity index (χ3n) is 4.95. The summed E-state index contributed by atoms with van der Waals surface area (Å²) in [6, 6.07) is 10.2. The van der Waals surface area contributed by atoms with Gasteiger partial charge in [0.15, 0.2) is 16.1 Å². The number of rotatable bonds is 8. The zero-order chi connectivity index (χ0) is 24.2. The van der Waals surface area contributed by atoms with Crippen molar-refractivity contribution in [3.8, 4) is 22.5 Å². The molecular weight excluding hydrogens is 490 g/mol. The van der Waals surface area contributed by atoms with Crippen molar-refractivity contribution in [2.24, 2.45) is 7.05 Å². The smallest absolute Gasteiger partial charge is 0.350 e. The molecule has 4 aromatic rings. The lowest BCUT2D eigenvalue weighted by atomic mass is 10.0. The summed E-state index contributed by atoms with van der Waals surface area (Å²) >= 11 is 4.07. The first-order valence-corrected chi connectivity index (χ1v) is 13.2. The van der Waals surface area contributed by atoms with Gasteiger partial charge >= 0.3 is 5.97 Å². The number of carbonyl (C=O) groups excluding carboxylic acids is 2. The first-order chi connectivity index (χ1) is 16.4. The molecule has 0 atom stereocenters. The predicted octanol–water partition coefficient (Wildman–Crippen LogP) is 5.19. The Morgan fingerprint density at radius 2 is 1.94 bits per heavy atom. The number of thiophene rings is 1. The molecule has 0 unspecified atom stereocenters. The van der Waals surface area contributed by atoms with Crippen molar-refractivity contribution in [2.45, 2.75) is 25.9 Å². The number of thiazole rings is 1. The minimum atomic E-state index is -0.433. The van der Waals surface area contributed by atoms with E-state index in [-0.39, 0.29) is 18.3 Å². The molecule has 8 nitrogen and oxygen atoms in total. The van der Waals surface area contributed by atoms with E-state index in [2.05, 4.69) is 44.9 Å². The van der Waals surface area contributed by atoms with Crippen LogP contribution in [0.15, 0.2) is 40.9 Å². The number of esters is 1. The zero-order valence-electron chi connectivity index (χ0n) is 19.1. The molecule has 34 heavy (non-hydrogen) atoms. The van der Waals surface area contributed by atoms with E-state index in [1.807, 2.05) is 29.8 Å². The summed E-state index contributed by atoms with van der Waals surface area (Å²) in [5, 5.41) is 14.5. The van der Waals surface area contributed by atoms with Crippen LogP contribution < -0.4 is 5.32 Å². The maximum atomic E-state index is 12.5. The Kier molecular flexibility index (Phi) is 7.44. The van der Waals surface area contributed by atoms with E-state index in [9.17, 15) is 9.59 Å². The summed E-state index contributed by atoms with van der Waals surface area (Å²) in [4.78, 5) is 30.3. The summed E-state index contributed by atoms with van der Waals surface area (Å²) in [6.07, 6.45) is 0. The number of thioether (sulfide) groups is 1. The Bertz CT molecular complexity index is 1330. The highest BCUT2D eigenvalue weighted by atomic mass is 32.2. The molecule has 1 aromatic carbocycles. The molecular formula is C23H23N5O3S3. The Balaban J connectivity index is 1.45. The van der Waals surface area contributed by atoms with E-state index in [1.165, 1.54) is 16.6 Å². The highest BCUT2D eigenvalue weighted by molar-refractivity contribution is 7.99. The Labute approximate surface area is 209 Å². The molecule has 0 aliphatic heterocycles. The molecule has 0 aliphatic rings. The average Bonchev–Trinajstić information content (AvgIpc) is 3.49. The van der Waals surface area contributed by atoms with Crippen molar-refractivity contribution in [2.75, 3.05) is 17.7 Å². The number of aromatic nitrogens is 4. The predicted molar refractivity (Wildman–Crippen MR) is 137 cm³/mol. The molecule has 3 aromatic heterocycles. The largest absolute Gasteiger partial charge is 0.462 e. The number of aryl methyl sites for hydroxylation is 2. The van der Waals surface area contributed by atoms with Crippen molar-refractivity contribution in [3.05, 3.63) is 51.2 Å². The molecule has 11 heteroatoms. The first kappa shape index (κ1) is 24.1. The van der Waals surface area contributed by atoms with Crippen LogP contribution in [0.1, 0.15) is 27.2 Å². The second-order valence-electron chi connectivity index (χ2n) is 7.30. The number of anilines is 1. The van der Waals surface area contributed by atoms with E-state index in [4.69, 9.17) is 4.74 Å². The number of hydrogen-bond acceptors (Lipinski definition) is 9. The second kappa shape index (κ2) is 10.5. The molecule has 0 saturated carbocycles. The van der Waals surface area contributed by atoms with Gasteiger partial charge in [-0.2, -0.15) is 0 Å². The van der Waals surface area contributed by atoms with Crippen LogP contribution in [0.5, 0.6) is 0 Å². The molecule has 0 spiro atoms. The maximum absolute atomic E-state index is 12.5. The topological polar surface area (TPSA) is 99.0 Å². The Hall–Kier alpha value is -3.02. The van der Waals surface area contributed by atoms with Gasteiger partial charge in [0.05, 0.1) is 18.1 Å². The van der Waals surface area contributed by atoms with Gasteiger partial charge in [-0.3, -0.25) is 4.79 Å². The number of benzene rings is 1. The van der Waals surface area contributed by atoms with Crippen LogP contribution >= 0.6 is 34.4 Å². The minimum absolute atomic E-state index is 0.132. The number of hydrogen-bond donors (Lipinski definition) is 1. The molecule has 4 rings (SSSR count). The summed E-state index contributed by atoms with van der Waals surface area (Å²) in [7, 11) is 1.90. The third-order valence-corrected chi connectivity index (χ3v) is 7.93. The van der Waals surface area contributed by atoms with Crippen molar-refractivity contribution in [3.63, 3.8) is 0 Å². The van der Waals surface area contributed by atoms with Crippen molar-refractivity contribution >= 4 is 51.4 Å². The molecule has 0 radical (unpaired) electrons. The fraction of sp³-hybridized carbons (Fsp3) is 0.261. The van der Waals surface area contributed by atoms with Crippen LogP contribution in [0.3, 0.4) is 0 Å². The molecule has 3 heterocycles. The van der Waals surface area contributed by atoms with Gasteiger partial charge in [0, 0.05) is 28.4 Å². The van der Waals surface area contributed by atoms with Crippen LogP contribution in [0.4, 0.5) is 5.13 Å². The number of nitrogens with one attached hydrogen (secondary N) is 1. The highest BCUT2D eigenvalue weighted by Gasteiger charge is 2.20. The van der Waals surface area contributed by atoms with Gasteiger partial charge in [0.1, 0.15) is 4.88 Å². The van der Waals surface area contributed by atoms with Gasteiger partial charge in [-0.15, -0.1) is 21.5 Å². The molecule has 0 fully saturated rings. The lowest BCUT2D eigenvalue weighted by molar-refractivity contribution is -0.113. The molecule has 0 bridgehead atoms. The van der Waals surface area contributed by atoms with Gasteiger partial charge in [-0.25, -0.2) is 9.78 Å². The number of ether oxygens (including phenoxy) is 1. The Morgan fingerprint density at radius 3 is 2.68 bits per heavy atom.